The first-order chi connectivity index (χ1) is 30.2. The average molecular weight is 844 g/mol. The average Bonchev–Trinajstić information content (AvgIpc) is 3.29. The van der Waals surface area contributed by atoms with Gasteiger partial charge in [-0.25, -0.2) is 9.98 Å². The molecule has 4 aromatic rings. The number of nitrogens with zero attached hydrogens (tertiary/aromatic N) is 7. The lowest BCUT2D eigenvalue weighted by Gasteiger charge is -2.29. The predicted octanol–water partition coefficient (Wildman–Crippen LogP) is 15.6. The minimum absolute atomic E-state index is 0.338. The third kappa shape index (κ3) is 20.0. The molecule has 7 nitrogen and oxygen atoms in total. The van der Waals surface area contributed by atoms with E-state index in [0.717, 1.165) is 38.7 Å². The van der Waals surface area contributed by atoms with Crippen molar-refractivity contribution >= 4 is 35.7 Å². The molecular weight excluding hydrogens is 759 g/mol. The summed E-state index contributed by atoms with van der Waals surface area (Å²) in [6, 6.07) is 27.5. The van der Waals surface area contributed by atoms with Gasteiger partial charge in [-0.2, -0.15) is 15.0 Å². The molecule has 0 saturated carbocycles. The first-order valence-electron chi connectivity index (χ1n) is 25.0. The maximum absolute atomic E-state index is 4.72. The molecule has 0 saturated heterocycles. The number of aliphatic imine (C=N–C) groups is 2. The number of quaternary nitrogens is 2. The zero-order valence-corrected chi connectivity index (χ0v) is 40.2. The summed E-state index contributed by atoms with van der Waals surface area (Å²) in [6.07, 6.45) is 36.7. The van der Waals surface area contributed by atoms with Crippen LogP contribution in [0.15, 0.2) is 88.8 Å². The first-order valence-corrected chi connectivity index (χ1v) is 25.0. The molecule has 0 aliphatic heterocycles. The molecule has 0 spiro atoms. The Morgan fingerprint density at radius 1 is 0.387 bits per heavy atom. The van der Waals surface area contributed by atoms with Gasteiger partial charge in [0, 0.05) is 18.0 Å². The molecule has 0 unspecified atom stereocenters. The number of hydrogen-bond acceptors (Lipinski definition) is 5. The van der Waals surface area contributed by atoms with E-state index < -0.39 is 0 Å². The van der Waals surface area contributed by atoms with E-state index in [2.05, 4.69) is 95.6 Å². The molecule has 0 amide bonds. The summed E-state index contributed by atoms with van der Waals surface area (Å²) in [5.74, 6) is 1.23. The van der Waals surface area contributed by atoms with E-state index >= 15 is 0 Å². The van der Waals surface area contributed by atoms with E-state index in [0.29, 0.717) is 17.7 Å². The molecule has 0 N–H and O–H groups in total. The summed E-state index contributed by atoms with van der Waals surface area (Å²) in [5, 5.41) is 0. The molecule has 3 aromatic carbocycles. The van der Waals surface area contributed by atoms with Crippen LogP contribution in [-0.4, -0.2) is 68.7 Å². The minimum atomic E-state index is 0.338. The highest BCUT2D eigenvalue weighted by atomic mass is 15.3. The molecule has 4 rings (SSSR count). The Hall–Kier alpha value is -4.07. The largest absolute Gasteiger partial charge is 0.296 e. The molecule has 1 heterocycles. The lowest BCUT2D eigenvalue weighted by Crippen LogP contribution is -2.41. The van der Waals surface area contributed by atoms with Crippen LogP contribution >= 0.6 is 0 Å². The Bertz CT molecular complexity index is 1700. The molecule has 338 valence electrons. The standard InChI is InChI=1S/C55H85N7/c1-7-9-11-13-15-17-19-21-23-25-27-32-44-61(3,4)51-40-36-48(37-41-51)46-56-54-58-53(50-34-30-29-31-35-50)59-55(60-54)57-47-49-38-42-52(43-39-49)62(5,6)45-33-28-26-24-22-20-18-16-14-12-10-8-2/h29-31,34-43,46-47H,7-28,32-33,44-45H2,1-6H3/q+2/b56-46+,57-47+. The summed E-state index contributed by atoms with van der Waals surface area (Å²) in [6.45, 7) is 6.87. The molecule has 0 radical (unpaired) electrons. The van der Waals surface area contributed by atoms with Gasteiger partial charge in [0.15, 0.2) is 5.82 Å². The summed E-state index contributed by atoms with van der Waals surface area (Å²) >= 11 is 0. The molecule has 0 aliphatic carbocycles. The molecule has 7 heteroatoms. The van der Waals surface area contributed by atoms with Crippen LogP contribution in [-0.2, 0) is 0 Å². The van der Waals surface area contributed by atoms with Gasteiger partial charge in [-0.3, -0.25) is 8.97 Å². The van der Waals surface area contributed by atoms with Crippen molar-refractivity contribution in [2.75, 3.05) is 41.3 Å². The van der Waals surface area contributed by atoms with E-state index in [1.54, 1.807) is 0 Å². The van der Waals surface area contributed by atoms with Gasteiger partial charge in [0.25, 0.3) is 11.9 Å². The Balaban J connectivity index is 1.26. The topological polar surface area (TPSA) is 63.4 Å². The van der Waals surface area contributed by atoms with Crippen LogP contribution in [0.5, 0.6) is 0 Å². The maximum atomic E-state index is 4.72. The van der Waals surface area contributed by atoms with Gasteiger partial charge in [-0.1, -0.05) is 173 Å². The second-order valence-electron chi connectivity index (χ2n) is 18.9. The molecule has 0 aliphatic rings. The van der Waals surface area contributed by atoms with E-state index in [4.69, 9.17) is 20.0 Å². The fourth-order valence-electron chi connectivity index (χ4n) is 8.33. The highest BCUT2D eigenvalue weighted by molar-refractivity contribution is 5.83. The van der Waals surface area contributed by atoms with E-state index in [1.807, 2.05) is 42.8 Å². The lowest BCUT2D eigenvalue weighted by molar-refractivity contribution is 0.380. The first kappa shape index (κ1) is 50.6. The summed E-state index contributed by atoms with van der Waals surface area (Å²) in [4.78, 5) is 23.5. The van der Waals surface area contributed by atoms with Crippen LogP contribution in [0, 0.1) is 0 Å². The Morgan fingerprint density at radius 3 is 1.05 bits per heavy atom. The molecule has 1 aromatic heterocycles. The van der Waals surface area contributed by atoms with Crippen LogP contribution in [0.1, 0.15) is 179 Å². The zero-order chi connectivity index (χ0) is 44.1. The number of hydrogen-bond donors (Lipinski definition) is 0. The Labute approximate surface area is 378 Å². The number of unbranched alkanes of at least 4 members (excludes halogenated alkanes) is 22. The van der Waals surface area contributed by atoms with E-state index in [-0.39, 0.29) is 0 Å². The maximum Gasteiger partial charge on any atom is 0.254 e. The number of benzene rings is 3. The molecule has 0 bridgehead atoms. The van der Waals surface area contributed by atoms with Crippen LogP contribution in [0.2, 0.25) is 0 Å². The van der Waals surface area contributed by atoms with Gasteiger partial charge in [-0.05, 0) is 85.3 Å². The van der Waals surface area contributed by atoms with Gasteiger partial charge in [-0.15, -0.1) is 0 Å². The number of aromatic nitrogens is 3. The van der Waals surface area contributed by atoms with Gasteiger partial charge in [0.1, 0.15) is 11.4 Å². The van der Waals surface area contributed by atoms with Crippen molar-refractivity contribution in [3.63, 3.8) is 0 Å². The van der Waals surface area contributed by atoms with Crippen LogP contribution in [0.25, 0.3) is 11.4 Å². The van der Waals surface area contributed by atoms with Crippen LogP contribution in [0.3, 0.4) is 0 Å². The van der Waals surface area contributed by atoms with Gasteiger partial charge in [0.2, 0.25) is 0 Å². The van der Waals surface area contributed by atoms with E-state index in [9.17, 15) is 0 Å². The smallest absolute Gasteiger partial charge is 0.254 e. The SMILES string of the molecule is CCCCCCCCCCCCCC[N+](C)(C)c1ccc(/C=N/c2nc(/N=C/c3ccc([N+](C)(C)CCCCCCCCCCCCCC)cc3)nc(-c3ccccc3)n2)cc1. The van der Waals surface area contributed by atoms with Crippen molar-refractivity contribution in [2.24, 2.45) is 9.98 Å². The van der Waals surface area contributed by atoms with Crippen LogP contribution in [0.4, 0.5) is 23.3 Å². The summed E-state index contributed by atoms with van der Waals surface area (Å²) in [5.41, 5.74) is 5.53. The Morgan fingerprint density at radius 2 is 0.710 bits per heavy atom. The zero-order valence-electron chi connectivity index (χ0n) is 40.2. The molecule has 62 heavy (non-hydrogen) atoms. The molecule has 0 fully saturated rings. The molecule has 0 atom stereocenters. The van der Waals surface area contributed by atoms with Crippen molar-refractivity contribution in [1.29, 1.82) is 0 Å². The second kappa shape index (κ2) is 29.3. The summed E-state index contributed by atoms with van der Waals surface area (Å²) < 4.78 is 1.76. The minimum Gasteiger partial charge on any atom is -0.296 e. The molecular formula is C55H85N7+2. The monoisotopic (exact) mass is 844 g/mol. The normalized spacial score (nSPS) is 12.3. The predicted molar refractivity (Wildman–Crippen MR) is 272 cm³/mol. The van der Waals surface area contributed by atoms with Crippen molar-refractivity contribution in [2.45, 2.75) is 168 Å². The fraction of sp³-hybridized carbons (Fsp3) is 0.582. The highest BCUT2D eigenvalue weighted by Crippen LogP contribution is 2.25. The van der Waals surface area contributed by atoms with Crippen molar-refractivity contribution < 1.29 is 0 Å². The fourth-order valence-corrected chi connectivity index (χ4v) is 8.33. The number of rotatable bonds is 33. The quantitative estimate of drug-likeness (QED) is 0.0273. The van der Waals surface area contributed by atoms with Crippen molar-refractivity contribution in [1.82, 2.24) is 23.9 Å². The third-order valence-electron chi connectivity index (χ3n) is 12.6. The lowest BCUT2D eigenvalue weighted by atomic mass is 10.0. The van der Waals surface area contributed by atoms with E-state index in [1.165, 1.54) is 165 Å². The summed E-state index contributed by atoms with van der Waals surface area (Å²) in [7, 11) is 9.26. The van der Waals surface area contributed by atoms with Gasteiger partial charge >= 0.3 is 0 Å². The Kier molecular flexibility index (Phi) is 23.9. The van der Waals surface area contributed by atoms with Gasteiger partial charge < -0.3 is 0 Å². The van der Waals surface area contributed by atoms with Crippen molar-refractivity contribution in [3.8, 4) is 11.4 Å². The third-order valence-corrected chi connectivity index (χ3v) is 12.6. The van der Waals surface area contributed by atoms with Gasteiger partial charge in [0.05, 0.1) is 41.3 Å². The second-order valence-corrected chi connectivity index (χ2v) is 18.9. The van der Waals surface area contributed by atoms with Crippen molar-refractivity contribution in [3.05, 3.63) is 90.0 Å². The highest BCUT2D eigenvalue weighted by Gasteiger charge is 2.19. The van der Waals surface area contributed by atoms with Crippen LogP contribution < -0.4 is 8.97 Å².